The molecule has 55 heavy (non-hydrogen) atoms. The monoisotopic (exact) mass is 723 g/mol. The van der Waals surface area contributed by atoms with Crippen LogP contribution < -0.4 is 4.90 Å². The van der Waals surface area contributed by atoms with Gasteiger partial charge in [0.15, 0.2) is 5.58 Å². The summed E-state index contributed by atoms with van der Waals surface area (Å²) in [4.78, 5) is 2.51. The molecule has 0 amide bonds. The third kappa shape index (κ3) is 5.54. The van der Waals surface area contributed by atoms with Crippen molar-refractivity contribution in [2.24, 2.45) is 0 Å². The Hall–Kier alpha value is -6.42. The lowest BCUT2D eigenvalue weighted by Crippen LogP contribution is -2.30. The summed E-state index contributed by atoms with van der Waals surface area (Å²) in [7, 11) is 0. The molecule has 1 unspecified atom stereocenters. The van der Waals surface area contributed by atoms with E-state index in [-0.39, 0.29) is 6.04 Å². The van der Waals surface area contributed by atoms with Crippen molar-refractivity contribution in [3.63, 3.8) is 0 Å². The number of furan rings is 1. The Morgan fingerprint density at radius 1 is 0.564 bits per heavy atom. The minimum atomic E-state index is 0.0636. The van der Waals surface area contributed by atoms with Crippen molar-refractivity contribution in [2.75, 3.05) is 4.90 Å². The number of rotatable bonds is 6. The first-order chi connectivity index (χ1) is 27.2. The second kappa shape index (κ2) is 13.2. The molecule has 2 aliphatic rings. The van der Waals surface area contributed by atoms with Gasteiger partial charge in [0.05, 0.1) is 11.7 Å². The molecule has 0 N–H and O–H groups in total. The first kappa shape index (κ1) is 32.0. The van der Waals surface area contributed by atoms with Gasteiger partial charge < -0.3 is 9.32 Å². The number of para-hydroxylation sites is 3. The largest absolute Gasteiger partial charge is 0.454 e. The lowest BCUT2D eigenvalue weighted by atomic mass is 9.90. The minimum absolute atomic E-state index is 0.0636. The zero-order valence-corrected chi connectivity index (χ0v) is 31.1. The second-order valence-corrected chi connectivity index (χ2v) is 15.8. The van der Waals surface area contributed by atoms with Crippen LogP contribution in [0.25, 0.3) is 76.0 Å². The van der Waals surface area contributed by atoms with Crippen molar-refractivity contribution in [3.05, 3.63) is 193 Å². The van der Waals surface area contributed by atoms with Crippen LogP contribution in [0.4, 0.5) is 11.4 Å². The third-order valence-corrected chi connectivity index (χ3v) is 12.6. The van der Waals surface area contributed by atoms with E-state index >= 15 is 0 Å². The highest BCUT2D eigenvalue weighted by Crippen LogP contribution is 2.45. The number of hydrogen-bond donors (Lipinski definition) is 0. The molecule has 9 aromatic rings. The van der Waals surface area contributed by atoms with Crippen LogP contribution in [0, 0.1) is 0 Å². The van der Waals surface area contributed by atoms with E-state index in [1.165, 1.54) is 64.7 Å². The van der Waals surface area contributed by atoms with E-state index in [9.17, 15) is 0 Å². The van der Waals surface area contributed by atoms with Gasteiger partial charge in [0.1, 0.15) is 5.58 Å². The number of hydrogen-bond acceptors (Lipinski definition) is 3. The van der Waals surface area contributed by atoms with Crippen molar-refractivity contribution >= 4 is 76.5 Å². The van der Waals surface area contributed by atoms with Gasteiger partial charge >= 0.3 is 0 Å². The number of anilines is 2. The molecule has 2 aromatic heterocycles. The first-order valence-corrected chi connectivity index (χ1v) is 20.1. The minimum Gasteiger partial charge on any atom is -0.454 e. The maximum Gasteiger partial charge on any atom is 0.159 e. The lowest BCUT2D eigenvalue weighted by molar-refractivity contribution is 0.664. The predicted molar refractivity (Wildman–Crippen MR) is 235 cm³/mol. The maximum atomic E-state index is 6.71. The normalized spacial score (nSPS) is 15.2. The quantitative estimate of drug-likeness (QED) is 0.170. The Kier molecular flexibility index (Phi) is 7.67. The molecule has 2 aliphatic carbocycles. The molecule has 2 heterocycles. The number of benzene rings is 7. The molecular weight excluding hydrogens is 687 g/mol. The van der Waals surface area contributed by atoms with Crippen LogP contribution in [0.15, 0.2) is 180 Å². The van der Waals surface area contributed by atoms with Crippen LogP contribution in [-0.4, -0.2) is 6.04 Å². The summed E-state index contributed by atoms with van der Waals surface area (Å²) in [6.07, 6.45) is 14.7. The topological polar surface area (TPSA) is 16.4 Å². The van der Waals surface area contributed by atoms with Crippen LogP contribution in [0.2, 0.25) is 0 Å². The summed E-state index contributed by atoms with van der Waals surface area (Å²) in [5, 5.41) is 4.90. The Bertz CT molecular complexity index is 3040. The number of allylic oxidation sites excluding steroid dienone is 3. The molecule has 0 radical (unpaired) electrons. The van der Waals surface area contributed by atoms with E-state index in [1.54, 1.807) is 0 Å². The average molecular weight is 724 g/mol. The molecule has 11 rings (SSSR count). The SMILES string of the molecule is C1=Cc2ccc(-c3cccc(C4=CCC(N(c5ccccc5-c5ccc6c(c5)sc5ccccc56)c5cccc6c5oc5ccccc56)C=C4)c3)cc2CC1. The van der Waals surface area contributed by atoms with Crippen molar-refractivity contribution in [1.29, 1.82) is 0 Å². The van der Waals surface area contributed by atoms with Crippen molar-refractivity contribution in [2.45, 2.75) is 25.3 Å². The van der Waals surface area contributed by atoms with Gasteiger partial charge in [-0.15, -0.1) is 11.3 Å². The van der Waals surface area contributed by atoms with E-state index in [2.05, 4.69) is 187 Å². The molecule has 0 bridgehead atoms. The third-order valence-electron chi connectivity index (χ3n) is 11.5. The predicted octanol–water partition coefficient (Wildman–Crippen LogP) is 14.8. The smallest absolute Gasteiger partial charge is 0.159 e. The Balaban J connectivity index is 1.01. The Morgan fingerprint density at radius 3 is 2.27 bits per heavy atom. The van der Waals surface area contributed by atoms with Crippen LogP contribution in [-0.2, 0) is 6.42 Å². The van der Waals surface area contributed by atoms with Gasteiger partial charge in [-0.3, -0.25) is 0 Å². The molecule has 2 nitrogen and oxygen atoms in total. The molecule has 0 saturated heterocycles. The molecular formula is C52H37NOS. The maximum absolute atomic E-state index is 6.71. The number of fused-ring (bicyclic) bond motifs is 7. The summed E-state index contributed by atoms with van der Waals surface area (Å²) in [5.41, 5.74) is 14.3. The molecule has 1 atom stereocenters. The molecule has 0 saturated carbocycles. The number of aryl methyl sites for hydroxylation is 1. The van der Waals surface area contributed by atoms with E-state index in [0.717, 1.165) is 52.6 Å². The standard InChI is InChI=1S/C52H37NOS/c1-2-12-36-32-39(24-23-34(36)11-1)38-14-9-13-37(31-38)35-25-28-41(29-26-35)53(48-20-10-18-46-43-16-4-7-21-49(43)54-52(46)48)47-19-6-3-15-42(47)40-27-30-45-44-17-5-8-22-50(44)55-51(45)33-40/h1,3-11,13-28,30-33,41H,2,12,29H2. The summed E-state index contributed by atoms with van der Waals surface area (Å²) >= 11 is 1.87. The van der Waals surface area contributed by atoms with Gasteiger partial charge in [0, 0.05) is 42.2 Å². The molecule has 7 aromatic carbocycles. The Morgan fingerprint density at radius 2 is 1.33 bits per heavy atom. The highest BCUT2D eigenvalue weighted by molar-refractivity contribution is 7.25. The van der Waals surface area contributed by atoms with Crippen LogP contribution in [0.3, 0.4) is 0 Å². The van der Waals surface area contributed by atoms with E-state index < -0.39 is 0 Å². The van der Waals surface area contributed by atoms with E-state index in [4.69, 9.17) is 4.42 Å². The van der Waals surface area contributed by atoms with Crippen molar-refractivity contribution < 1.29 is 4.42 Å². The van der Waals surface area contributed by atoms with Crippen LogP contribution in [0.5, 0.6) is 0 Å². The highest BCUT2D eigenvalue weighted by atomic mass is 32.1. The number of thiophene rings is 1. The van der Waals surface area contributed by atoms with Gasteiger partial charge in [-0.25, -0.2) is 0 Å². The number of nitrogens with zero attached hydrogens (tertiary/aromatic N) is 1. The second-order valence-electron chi connectivity index (χ2n) is 14.7. The zero-order chi connectivity index (χ0) is 36.3. The molecule has 0 aliphatic heterocycles. The molecule has 262 valence electrons. The van der Waals surface area contributed by atoms with Gasteiger partial charge in [0.2, 0.25) is 0 Å². The lowest BCUT2D eigenvalue weighted by Gasteiger charge is -2.34. The van der Waals surface area contributed by atoms with E-state index in [0.29, 0.717) is 0 Å². The van der Waals surface area contributed by atoms with Gasteiger partial charge in [-0.2, -0.15) is 0 Å². The highest BCUT2D eigenvalue weighted by Gasteiger charge is 2.27. The fraction of sp³-hybridized carbons (Fsp3) is 0.0769. The molecule has 0 spiro atoms. The molecule has 0 fully saturated rings. The van der Waals surface area contributed by atoms with Gasteiger partial charge in [-0.1, -0.05) is 146 Å². The van der Waals surface area contributed by atoms with Crippen LogP contribution >= 0.6 is 11.3 Å². The van der Waals surface area contributed by atoms with E-state index in [1.807, 2.05) is 11.3 Å². The fourth-order valence-corrected chi connectivity index (χ4v) is 9.88. The average Bonchev–Trinajstić information content (AvgIpc) is 3.83. The Labute approximate surface area is 324 Å². The first-order valence-electron chi connectivity index (χ1n) is 19.2. The summed E-state index contributed by atoms with van der Waals surface area (Å²) in [6, 6.07) is 55.5. The van der Waals surface area contributed by atoms with Crippen molar-refractivity contribution in [3.8, 4) is 22.3 Å². The summed E-state index contributed by atoms with van der Waals surface area (Å²) in [5.74, 6) is 0. The van der Waals surface area contributed by atoms with Gasteiger partial charge in [0.25, 0.3) is 0 Å². The van der Waals surface area contributed by atoms with Crippen LogP contribution in [0.1, 0.15) is 29.5 Å². The van der Waals surface area contributed by atoms with Crippen molar-refractivity contribution in [1.82, 2.24) is 0 Å². The zero-order valence-electron chi connectivity index (χ0n) is 30.3. The molecule has 3 heteroatoms. The summed E-state index contributed by atoms with van der Waals surface area (Å²) < 4.78 is 9.34. The summed E-state index contributed by atoms with van der Waals surface area (Å²) in [6.45, 7) is 0. The fourth-order valence-electron chi connectivity index (χ4n) is 8.74. The van der Waals surface area contributed by atoms with Gasteiger partial charge in [-0.05, 0) is 94.6 Å².